The highest BCUT2D eigenvalue weighted by Crippen LogP contribution is 2.01. The molecule has 0 radical (unpaired) electrons. The Bertz CT molecular complexity index is 135. The maximum absolute atomic E-state index is 3.54. The van der Waals surface area contributed by atoms with Crippen molar-refractivity contribution in [1.82, 2.24) is 10.2 Å². The van der Waals surface area contributed by atoms with E-state index in [4.69, 9.17) is 0 Å². The van der Waals surface area contributed by atoms with Crippen LogP contribution in [0.15, 0.2) is 0 Å². The summed E-state index contributed by atoms with van der Waals surface area (Å²) in [7, 11) is 0. The van der Waals surface area contributed by atoms with Gasteiger partial charge in [0.15, 0.2) is 0 Å². The zero-order valence-corrected chi connectivity index (χ0v) is 11.9. The highest BCUT2D eigenvalue weighted by molar-refractivity contribution is 4.58. The molecule has 0 rings (SSSR count). The Morgan fingerprint density at radius 1 is 1.00 bits per heavy atom. The summed E-state index contributed by atoms with van der Waals surface area (Å²) in [6.07, 6.45) is 5.30. The topological polar surface area (TPSA) is 15.3 Å². The summed E-state index contributed by atoms with van der Waals surface area (Å²) in [5, 5.41) is 3.54. The fourth-order valence-corrected chi connectivity index (χ4v) is 1.81. The van der Waals surface area contributed by atoms with Gasteiger partial charge in [0.25, 0.3) is 0 Å². The lowest BCUT2D eigenvalue weighted by Gasteiger charge is -2.20. The summed E-state index contributed by atoms with van der Waals surface area (Å²) in [6.45, 7) is 15.1. The Morgan fingerprint density at radius 2 is 1.75 bits per heavy atom. The van der Waals surface area contributed by atoms with E-state index in [2.05, 4.69) is 37.9 Å². The zero-order valence-electron chi connectivity index (χ0n) is 11.9. The van der Waals surface area contributed by atoms with E-state index in [1.54, 1.807) is 0 Å². The molecule has 2 heteroatoms. The third-order valence-corrected chi connectivity index (χ3v) is 3.01. The Hall–Kier alpha value is -0.0800. The predicted octanol–water partition coefficient (Wildman–Crippen LogP) is 3.13. The second kappa shape index (κ2) is 11.4. The van der Waals surface area contributed by atoms with E-state index >= 15 is 0 Å². The van der Waals surface area contributed by atoms with Crippen molar-refractivity contribution in [3.63, 3.8) is 0 Å². The standard InChI is InChI=1S/C14H32N2/c1-5-7-12-16(6-2)13-11-15-10-8-9-14(3)4/h14-15H,5-13H2,1-4H3. The Labute approximate surface area is 103 Å². The number of nitrogens with one attached hydrogen (secondary N) is 1. The van der Waals surface area contributed by atoms with Crippen LogP contribution >= 0.6 is 0 Å². The van der Waals surface area contributed by atoms with Gasteiger partial charge in [0, 0.05) is 13.1 Å². The normalized spacial score (nSPS) is 11.6. The molecule has 0 aromatic carbocycles. The van der Waals surface area contributed by atoms with Crippen LogP contribution in [0.5, 0.6) is 0 Å². The largest absolute Gasteiger partial charge is 0.315 e. The van der Waals surface area contributed by atoms with Crippen molar-refractivity contribution < 1.29 is 0 Å². The van der Waals surface area contributed by atoms with Crippen LogP contribution in [-0.4, -0.2) is 37.6 Å². The van der Waals surface area contributed by atoms with Crippen molar-refractivity contribution in [3.8, 4) is 0 Å². The van der Waals surface area contributed by atoms with Crippen molar-refractivity contribution in [2.75, 3.05) is 32.7 Å². The number of unbranched alkanes of at least 4 members (excludes halogenated alkanes) is 1. The van der Waals surface area contributed by atoms with Crippen molar-refractivity contribution in [2.24, 2.45) is 5.92 Å². The Balaban J connectivity index is 3.27. The Morgan fingerprint density at radius 3 is 2.31 bits per heavy atom. The van der Waals surface area contributed by atoms with E-state index in [1.807, 2.05) is 0 Å². The molecular formula is C14H32N2. The molecule has 0 spiro atoms. The van der Waals surface area contributed by atoms with Crippen LogP contribution in [-0.2, 0) is 0 Å². The van der Waals surface area contributed by atoms with Crippen LogP contribution in [0.4, 0.5) is 0 Å². The minimum Gasteiger partial charge on any atom is -0.315 e. The summed E-state index contributed by atoms with van der Waals surface area (Å²) in [5.41, 5.74) is 0. The van der Waals surface area contributed by atoms with Crippen molar-refractivity contribution >= 4 is 0 Å². The Kier molecular flexibility index (Phi) is 11.3. The lowest BCUT2D eigenvalue weighted by atomic mass is 10.1. The molecule has 0 amide bonds. The van der Waals surface area contributed by atoms with Crippen LogP contribution in [0.25, 0.3) is 0 Å². The van der Waals surface area contributed by atoms with Gasteiger partial charge in [-0.2, -0.15) is 0 Å². The lowest BCUT2D eigenvalue weighted by Crippen LogP contribution is -2.33. The monoisotopic (exact) mass is 228 g/mol. The average molecular weight is 228 g/mol. The van der Waals surface area contributed by atoms with E-state index < -0.39 is 0 Å². The number of hydrogen-bond donors (Lipinski definition) is 1. The lowest BCUT2D eigenvalue weighted by molar-refractivity contribution is 0.282. The van der Waals surface area contributed by atoms with Gasteiger partial charge in [-0.05, 0) is 44.8 Å². The maximum Gasteiger partial charge on any atom is 0.0107 e. The molecule has 0 fully saturated rings. The van der Waals surface area contributed by atoms with Crippen molar-refractivity contribution in [3.05, 3.63) is 0 Å². The molecule has 16 heavy (non-hydrogen) atoms. The van der Waals surface area contributed by atoms with Gasteiger partial charge in [0.1, 0.15) is 0 Å². The van der Waals surface area contributed by atoms with E-state index in [0.717, 1.165) is 12.5 Å². The molecule has 0 aromatic rings. The van der Waals surface area contributed by atoms with E-state index in [0.29, 0.717) is 0 Å². The summed E-state index contributed by atoms with van der Waals surface area (Å²) in [6, 6.07) is 0. The van der Waals surface area contributed by atoms with Crippen molar-refractivity contribution in [2.45, 2.75) is 53.4 Å². The van der Waals surface area contributed by atoms with Crippen molar-refractivity contribution in [1.29, 1.82) is 0 Å². The predicted molar refractivity (Wildman–Crippen MR) is 74.0 cm³/mol. The fourth-order valence-electron chi connectivity index (χ4n) is 1.81. The first-order valence-corrected chi connectivity index (χ1v) is 7.13. The molecule has 0 aromatic heterocycles. The number of likely N-dealkylation sites (N-methyl/N-ethyl adjacent to an activating group) is 1. The molecule has 0 aliphatic rings. The van der Waals surface area contributed by atoms with Crippen LogP contribution in [0.3, 0.4) is 0 Å². The van der Waals surface area contributed by atoms with Gasteiger partial charge in [-0.15, -0.1) is 0 Å². The highest BCUT2D eigenvalue weighted by Gasteiger charge is 2.00. The molecule has 0 heterocycles. The first-order valence-electron chi connectivity index (χ1n) is 7.13. The summed E-state index contributed by atoms with van der Waals surface area (Å²) in [4.78, 5) is 2.54. The third-order valence-electron chi connectivity index (χ3n) is 3.01. The molecule has 0 aliphatic heterocycles. The van der Waals surface area contributed by atoms with E-state index in [1.165, 1.54) is 51.9 Å². The molecule has 2 nitrogen and oxygen atoms in total. The number of hydrogen-bond acceptors (Lipinski definition) is 2. The first-order chi connectivity index (χ1) is 7.70. The van der Waals surface area contributed by atoms with Crippen LogP contribution in [0.2, 0.25) is 0 Å². The minimum absolute atomic E-state index is 0.846. The quantitative estimate of drug-likeness (QED) is 0.547. The molecule has 0 saturated carbocycles. The molecule has 0 unspecified atom stereocenters. The van der Waals surface area contributed by atoms with Gasteiger partial charge in [-0.25, -0.2) is 0 Å². The van der Waals surface area contributed by atoms with E-state index in [9.17, 15) is 0 Å². The molecule has 0 bridgehead atoms. The number of rotatable bonds is 11. The van der Waals surface area contributed by atoms with Gasteiger partial charge in [-0.1, -0.05) is 34.1 Å². The SMILES string of the molecule is CCCCN(CC)CCNCCCC(C)C. The second-order valence-electron chi connectivity index (χ2n) is 5.07. The van der Waals surface area contributed by atoms with Gasteiger partial charge in [0.05, 0.1) is 0 Å². The summed E-state index contributed by atoms with van der Waals surface area (Å²) in [5.74, 6) is 0.846. The average Bonchev–Trinajstić information content (AvgIpc) is 2.26. The van der Waals surface area contributed by atoms with Gasteiger partial charge in [0.2, 0.25) is 0 Å². The van der Waals surface area contributed by atoms with Gasteiger partial charge in [-0.3, -0.25) is 0 Å². The zero-order chi connectivity index (χ0) is 12.2. The maximum atomic E-state index is 3.54. The van der Waals surface area contributed by atoms with Gasteiger partial charge < -0.3 is 10.2 Å². The first kappa shape index (κ1) is 15.9. The molecular weight excluding hydrogens is 196 g/mol. The van der Waals surface area contributed by atoms with Gasteiger partial charge >= 0.3 is 0 Å². The molecule has 0 saturated heterocycles. The smallest absolute Gasteiger partial charge is 0.0107 e. The highest BCUT2D eigenvalue weighted by atomic mass is 15.1. The molecule has 1 N–H and O–H groups in total. The summed E-state index contributed by atoms with van der Waals surface area (Å²) >= 11 is 0. The molecule has 98 valence electrons. The van der Waals surface area contributed by atoms with Crippen LogP contribution in [0.1, 0.15) is 53.4 Å². The fraction of sp³-hybridized carbons (Fsp3) is 1.00. The number of nitrogens with zero attached hydrogens (tertiary/aromatic N) is 1. The van der Waals surface area contributed by atoms with Crippen LogP contribution < -0.4 is 5.32 Å². The second-order valence-corrected chi connectivity index (χ2v) is 5.07. The van der Waals surface area contributed by atoms with Crippen LogP contribution in [0, 0.1) is 5.92 Å². The summed E-state index contributed by atoms with van der Waals surface area (Å²) < 4.78 is 0. The minimum atomic E-state index is 0.846. The van der Waals surface area contributed by atoms with E-state index in [-0.39, 0.29) is 0 Å². The molecule has 0 aliphatic carbocycles. The third kappa shape index (κ3) is 10.4. The molecule has 0 atom stereocenters.